The molecule has 3 aromatic rings. The summed E-state index contributed by atoms with van der Waals surface area (Å²) in [5, 5.41) is 24.4. The molecule has 5 atom stereocenters. The van der Waals surface area contributed by atoms with E-state index in [1.807, 2.05) is 49.3 Å². The van der Waals surface area contributed by atoms with Crippen molar-refractivity contribution in [2.45, 2.75) is 29.4 Å². The quantitative estimate of drug-likeness (QED) is 0.545. The van der Waals surface area contributed by atoms with Crippen molar-refractivity contribution in [2.24, 2.45) is 5.92 Å². The fraction of sp³-hybridized carbons (Fsp3) is 0.346. The first kappa shape index (κ1) is 24.1. The number of aromatic nitrogens is 1. The van der Waals surface area contributed by atoms with Crippen molar-refractivity contribution >= 4 is 11.6 Å². The van der Waals surface area contributed by atoms with Gasteiger partial charge in [0.2, 0.25) is 0 Å². The van der Waals surface area contributed by atoms with Gasteiger partial charge in [-0.15, -0.1) is 0 Å². The lowest BCUT2D eigenvalue weighted by atomic mass is 9.71. The number of aliphatic hydroxyl groups is 2. The number of hydrogen-bond acceptors (Lipinski definition) is 5. The molecule has 2 aromatic carbocycles. The van der Waals surface area contributed by atoms with E-state index in [9.17, 15) is 23.4 Å². The molecule has 2 heterocycles. The average Bonchev–Trinajstić information content (AvgIpc) is 3.16. The van der Waals surface area contributed by atoms with Crippen molar-refractivity contribution in [2.75, 3.05) is 20.6 Å². The van der Waals surface area contributed by atoms with Gasteiger partial charge < -0.3 is 19.8 Å². The van der Waals surface area contributed by atoms with Crippen molar-refractivity contribution in [3.8, 4) is 5.75 Å². The van der Waals surface area contributed by atoms with Gasteiger partial charge in [0.15, 0.2) is 11.2 Å². The Labute approximate surface area is 205 Å². The molecule has 1 aliphatic carbocycles. The van der Waals surface area contributed by atoms with Crippen LogP contribution in [0.4, 0.5) is 13.2 Å². The number of alkyl halides is 3. The third kappa shape index (κ3) is 3.46. The molecule has 0 amide bonds. The van der Waals surface area contributed by atoms with Gasteiger partial charge in [0, 0.05) is 30.6 Å². The van der Waals surface area contributed by atoms with E-state index >= 15 is 0 Å². The number of pyridine rings is 1. The van der Waals surface area contributed by atoms with Crippen molar-refractivity contribution in [1.82, 2.24) is 9.88 Å². The molecule has 9 heteroatoms. The van der Waals surface area contributed by atoms with Gasteiger partial charge in [0.25, 0.3) is 0 Å². The number of ether oxygens (including phenoxy) is 1. The number of halogens is 4. The van der Waals surface area contributed by atoms with Crippen molar-refractivity contribution in [3.63, 3.8) is 0 Å². The highest BCUT2D eigenvalue weighted by Crippen LogP contribution is 2.68. The lowest BCUT2D eigenvalue weighted by Gasteiger charge is -2.40. The second-order valence-electron chi connectivity index (χ2n) is 9.44. The van der Waals surface area contributed by atoms with Crippen LogP contribution in [-0.2, 0) is 17.4 Å². The number of fused-ring (bicyclic) bond motifs is 3. The molecule has 0 spiro atoms. The van der Waals surface area contributed by atoms with E-state index in [0.717, 1.165) is 17.7 Å². The molecule has 1 aliphatic heterocycles. The summed E-state index contributed by atoms with van der Waals surface area (Å²) in [6.45, 7) is 0.387. The highest BCUT2D eigenvalue weighted by atomic mass is 35.5. The summed E-state index contributed by atoms with van der Waals surface area (Å²) in [6.07, 6.45) is -4.51. The molecule has 0 saturated heterocycles. The molecule has 5 nitrogen and oxygen atoms in total. The van der Waals surface area contributed by atoms with E-state index in [1.54, 1.807) is 0 Å². The van der Waals surface area contributed by atoms with Crippen LogP contribution in [0.3, 0.4) is 0 Å². The van der Waals surface area contributed by atoms with Crippen molar-refractivity contribution in [1.29, 1.82) is 0 Å². The Kier molecular flexibility index (Phi) is 5.64. The summed E-state index contributed by atoms with van der Waals surface area (Å²) < 4.78 is 46.6. The molecular formula is C26H24ClF3N2O3. The minimum atomic E-state index is -4.53. The summed E-state index contributed by atoms with van der Waals surface area (Å²) in [4.78, 5) is 6.23. The van der Waals surface area contributed by atoms with E-state index in [0.29, 0.717) is 12.1 Å². The third-order valence-electron chi connectivity index (χ3n) is 7.09. The van der Waals surface area contributed by atoms with Crippen LogP contribution >= 0.6 is 11.6 Å². The van der Waals surface area contributed by atoms with Crippen molar-refractivity contribution in [3.05, 3.63) is 94.3 Å². The highest BCUT2D eigenvalue weighted by molar-refractivity contribution is 6.30. The van der Waals surface area contributed by atoms with E-state index in [2.05, 4.69) is 4.98 Å². The SMILES string of the molecule is CN(C)CC1C(O)C2(O)c3ncc(Cl)cc3OC2(c2ccc(C(F)(F)F)cc2)C1c1ccccc1. The molecule has 1 saturated carbocycles. The molecule has 1 fully saturated rings. The Hall–Kier alpha value is -2.65. The molecular weight excluding hydrogens is 481 g/mol. The molecule has 5 unspecified atom stereocenters. The summed E-state index contributed by atoms with van der Waals surface area (Å²) in [6, 6.07) is 15.3. The van der Waals surface area contributed by atoms with Crippen molar-refractivity contribution < 1.29 is 28.1 Å². The van der Waals surface area contributed by atoms with E-state index in [4.69, 9.17) is 16.3 Å². The molecule has 35 heavy (non-hydrogen) atoms. The number of hydrogen-bond donors (Lipinski definition) is 2. The van der Waals surface area contributed by atoms with Crippen LogP contribution in [0.5, 0.6) is 5.75 Å². The molecule has 0 radical (unpaired) electrons. The zero-order chi connectivity index (χ0) is 25.2. The van der Waals surface area contributed by atoms with E-state index < -0.39 is 40.9 Å². The fourth-order valence-electron chi connectivity index (χ4n) is 5.80. The second-order valence-corrected chi connectivity index (χ2v) is 9.88. The zero-order valence-corrected chi connectivity index (χ0v) is 19.8. The third-order valence-corrected chi connectivity index (χ3v) is 7.30. The van der Waals surface area contributed by atoms with Crippen LogP contribution in [-0.4, -0.2) is 46.8 Å². The minimum absolute atomic E-state index is 0.108. The Morgan fingerprint density at radius 2 is 1.74 bits per heavy atom. The van der Waals surface area contributed by atoms with Gasteiger partial charge in [0.05, 0.1) is 16.7 Å². The largest absolute Gasteiger partial charge is 0.476 e. The van der Waals surface area contributed by atoms with Crippen LogP contribution < -0.4 is 4.74 Å². The predicted molar refractivity (Wildman–Crippen MR) is 124 cm³/mol. The molecule has 5 rings (SSSR count). The van der Waals surface area contributed by atoms with E-state index in [-0.39, 0.29) is 16.5 Å². The first-order chi connectivity index (χ1) is 16.5. The summed E-state index contributed by atoms with van der Waals surface area (Å²) in [5.41, 5.74) is -3.34. The van der Waals surface area contributed by atoms with Crippen LogP contribution in [0.1, 0.15) is 28.3 Å². The van der Waals surface area contributed by atoms with Gasteiger partial charge in [-0.2, -0.15) is 13.2 Å². The molecule has 0 bridgehead atoms. The van der Waals surface area contributed by atoms with Gasteiger partial charge in [0.1, 0.15) is 11.4 Å². The topological polar surface area (TPSA) is 65.8 Å². The maximum atomic E-state index is 13.4. The smallest absolute Gasteiger partial charge is 0.416 e. The first-order valence-electron chi connectivity index (χ1n) is 11.1. The van der Waals surface area contributed by atoms with Gasteiger partial charge in [-0.1, -0.05) is 54.1 Å². The fourth-order valence-corrected chi connectivity index (χ4v) is 5.95. The molecule has 2 N–H and O–H groups in total. The lowest BCUT2D eigenvalue weighted by Crippen LogP contribution is -2.52. The number of rotatable bonds is 4. The average molecular weight is 505 g/mol. The Bertz CT molecular complexity index is 1240. The predicted octanol–water partition coefficient (Wildman–Crippen LogP) is 4.57. The zero-order valence-electron chi connectivity index (χ0n) is 19.0. The summed E-state index contributed by atoms with van der Waals surface area (Å²) in [7, 11) is 3.70. The number of nitrogens with zero attached hydrogens (tertiary/aromatic N) is 2. The Balaban J connectivity index is 1.81. The van der Waals surface area contributed by atoms with Gasteiger partial charge >= 0.3 is 6.18 Å². The lowest BCUT2D eigenvalue weighted by molar-refractivity contribution is -0.153. The molecule has 1 aromatic heterocycles. The Morgan fingerprint density at radius 1 is 1.09 bits per heavy atom. The maximum Gasteiger partial charge on any atom is 0.416 e. The van der Waals surface area contributed by atoms with E-state index in [1.165, 1.54) is 24.4 Å². The Morgan fingerprint density at radius 3 is 2.34 bits per heavy atom. The summed E-state index contributed by atoms with van der Waals surface area (Å²) in [5.74, 6) is -0.982. The monoisotopic (exact) mass is 504 g/mol. The minimum Gasteiger partial charge on any atom is -0.476 e. The van der Waals surface area contributed by atoms with Crippen LogP contribution in [0.25, 0.3) is 0 Å². The molecule has 184 valence electrons. The van der Waals surface area contributed by atoms with Crippen LogP contribution in [0.15, 0.2) is 66.9 Å². The van der Waals surface area contributed by atoms with Gasteiger partial charge in [-0.25, -0.2) is 0 Å². The number of aliphatic hydroxyl groups excluding tert-OH is 1. The van der Waals surface area contributed by atoms with Crippen LogP contribution in [0.2, 0.25) is 5.02 Å². The van der Waals surface area contributed by atoms with Crippen LogP contribution in [0, 0.1) is 5.92 Å². The van der Waals surface area contributed by atoms with Gasteiger partial charge in [-0.05, 0) is 37.4 Å². The highest BCUT2D eigenvalue weighted by Gasteiger charge is 2.76. The first-order valence-corrected chi connectivity index (χ1v) is 11.5. The summed E-state index contributed by atoms with van der Waals surface area (Å²) >= 11 is 6.16. The number of benzene rings is 2. The maximum absolute atomic E-state index is 13.4. The standard InChI is InChI=1S/C26H24ClF3N2O3/c1-32(2)14-19-21(15-6-4-3-5-7-15)25(16-8-10-17(11-9-16)26(28,29)30)24(34,23(19)33)22-20(35-25)12-18(27)13-31-22/h3-13,19,21,23,33-34H,14H2,1-2H3. The second kappa shape index (κ2) is 8.20. The molecule has 2 aliphatic rings. The van der Waals surface area contributed by atoms with Gasteiger partial charge in [-0.3, -0.25) is 4.98 Å². The normalized spacial score (nSPS) is 29.7.